The van der Waals surface area contributed by atoms with Gasteiger partial charge in [-0.1, -0.05) is 11.6 Å². The fourth-order valence-corrected chi connectivity index (χ4v) is 2.42. The summed E-state index contributed by atoms with van der Waals surface area (Å²) in [6.07, 6.45) is 4.69. The van der Waals surface area contributed by atoms with Crippen molar-refractivity contribution in [2.45, 2.75) is 0 Å². The van der Waals surface area contributed by atoms with E-state index in [1.807, 2.05) is 12.1 Å². The number of rotatable bonds is 2. The Kier molecular flexibility index (Phi) is 3.17. The Hall–Kier alpha value is -2.99. The topological polar surface area (TPSA) is 90.7 Å². The molecule has 0 fully saturated rings. The fraction of sp³-hybridized carbons (Fsp3) is 0. The van der Waals surface area contributed by atoms with Gasteiger partial charge in [-0.15, -0.1) is 0 Å². The van der Waals surface area contributed by atoms with Gasteiger partial charge in [-0.2, -0.15) is 0 Å². The van der Waals surface area contributed by atoms with Gasteiger partial charge in [0.1, 0.15) is 17.0 Å². The molecule has 0 atom stereocenters. The molecule has 0 amide bonds. The Labute approximate surface area is 136 Å². The number of oxazole rings is 1. The number of aromatic nitrogens is 4. The second-order valence-electron chi connectivity index (χ2n) is 4.91. The molecule has 3 heterocycles. The number of nitrogens with zero attached hydrogens (tertiary/aromatic N) is 4. The third-order valence-electron chi connectivity index (χ3n) is 3.36. The first-order valence-electron chi connectivity index (χ1n) is 6.79. The van der Waals surface area contributed by atoms with Gasteiger partial charge in [0, 0.05) is 18.1 Å². The molecule has 2 N–H and O–H groups in total. The molecule has 0 saturated heterocycles. The lowest BCUT2D eigenvalue weighted by atomic mass is 10.2. The maximum Gasteiger partial charge on any atom is 0.228 e. The highest BCUT2D eigenvalue weighted by molar-refractivity contribution is 6.31. The molecule has 6 nitrogen and oxygen atoms in total. The number of nitrogen functional groups attached to an aromatic ring is 1. The normalized spacial score (nSPS) is 11.0. The van der Waals surface area contributed by atoms with Crippen LogP contribution in [0, 0.1) is 0 Å². The van der Waals surface area contributed by atoms with E-state index in [1.54, 1.807) is 30.6 Å². The minimum absolute atomic E-state index is 0.359. The van der Waals surface area contributed by atoms with Gasteiger partial charge in [-0.25, -0.2) is 15.0 Å². The number of halogens is 1. The van der Waals surface area contributed by atoms with E-state index in [9.17, 15) is 0 Å². The molecule has 23 heavy (non-hydrogen) atoms. The number of benzene rings is 1. The van der Waals surface area contributed by atoms with E-state index in [0.717, 1.165) is 5.56 Å². The van der Waals surface area contributed by atoms with Crippen LogP contribution in [0.3, 0.4) is 0 Å². The summed E-state index contributed by atoms with van der Waals surface area (Å²) < 4.78 is 5.72. The van der Waals surface area contributed by atoms with E-state index in [2.05, 4.69) is 19.9 Å². The van der Waals surface area contributed by atoms with Crippen molar-refractivity contribution in [3.63, 3.8) is 0 Å². The summed E-state index contributed by atoms with van der Waals surface area (Å²) in [6.45, 7) is 0. The monoisotopic (exact) mass is 323 g/mol. The van der Waals surface area contributed by atoms with Gasteiger partial charge < -0.3 is 10.2 Å². The number of pyridine rings is 1. The fourth-order valence-electron chi connectivity index (χ4n) is 2.23. The van der Waals surface area contributed by atoms with Gasteiger partial charge in [0.25, 0.3) is 0 Å². The van der Waals surface area contributed by atoms with Crippen LogP contribution in [0.2, 0.25) is 5.15 Å². The van der Waals surface area contributed by atoms with Crippen molar-refractivity contribution in [3.05, 3.63) is 54.2 Å². The van der Waals surface area contributed by atoms with Crippen LogP contribution in [-0.2, 0) is 0 Å². The Morgan fingerprint density at radius 2 is 1.96 bits per heavy atom. The Morgan fingerprint density at radius 3 is 2.74 bits per heavy atom. The maximum absolute atomic E-state index is 6.05. The Balaban J connectivity index is 1.73. The number of hydrogen-bond donors (Lipinski definition) is 1. The average Bonchev–Trinajstić information content (AvgIpc) is 2.98. The third-order valence-corrected chi connectivity index (χ3v) is 3.66. The smallest absolute Gasteiger partial charge is 0.228 e. The lowest BCUT2D eigenvalue weighted by molar-refractivity contribution is 0.619. The zero-order valence-corrected chi connectivity index (χ0v) is 12.5. The van der Waals surface area contributed by atoms with Crippen LogP contribution in [0.15, 0.2) is 53.5 Å². The van der Waals surface area contributed by atoms with Gasteiger partial charge in [0.15, 0.2) is 5.58 Å². The molecule has 3 aromatic heterocycles. The summed E-state index contributed by atoms with van der Waals surface area (Å²) in [6, 6.07) is 9.02. The van der Waals surface area contributed by atoms with Crippen molar-refractivity contribution in [1.82, 2.24) is 19.9 Å². The molecule has 4 aromatic rings. The number of fused-ring (bicyclic) bond motifs is 1. The van der Waals surface area contributed by atoms with Gasteiger partial charge >= 0.3 is 0 Å². The SMILES string of the molecule is Nc1ccc2oc(-c3ccc(-c4cncnc4Cl)nc3)nc2c1. The van der Waals surface area contributed by atoms with Gasteiger partial charge in [-0.05, 0) is 30.3 Å². The molecule has 0 bridgehead atoms. The number of hydrogen-bond acceptors (Lipinski definition) is 6. The predicted molar refractivity (Wildman–Crippen MR) is 87.7 cm³/mol. The largest absolute Gasteiger partial charge is 0.436 e. The third kappa shape index (κ3) is 2.49. The van der Waals surface area contributed by atoms with Crippen LogP contribution in [0.1, 0.15) is 0 Å². The van der Waals surface area contributed by atoms with E-state index in [4.69, 9.17) is 21.8 Å². The summed E-state index contributed by atoms with van der Waals surface area (Å²) in [4.78, 5) is 16.7. The average molecular weight is 324 g/mol. The summed E-state index contributed by atoms with van der Waals surface area (Å²) in [5.74, 6) is 0.486. The van der Waals surface area contributed by atoms with Crippen LogP contribution in [0.4, 0.5) is 5.69 Å². The molecule has 7 heteroatoms. The van der Waals surface area contributed by atoms with E-state index in [0.29, 0.717) is 39.1 Å². The first kappa shape index (κ1) is 13.7. The van der Waals surface area contributed by atoms with Crippen molar-refractivity contribution >= 4 is 28.4 Å². The van der Waals surface area contributed by atoms with E-state index in [-0.39, 0.29) is 0 Å². The molecule has 1 aromatic carbocycles. The second kappa shape index (κ2) is 5.33. The molecule has 112 valence electrons. The molecule has 0 unspecified atom stereocenters. The number of nitrogens with two attached hydrogens (primary N) is 1. The lowest BCUT2D eigenvalue weighted by Gasteiger charge is -2.02. The van der Waals surface area contributed by atoms with E-state index >= 15 is 0 Å². The van der Waals surface area contributed by atoms with Crippen molar-refractivity contribution in [2.24, 2.45) is 0 Å². The Morgan fingerprint density at radius 1 is 1.04 bits per heavy atom. The molecule has 0 aliphatic heterocycles. The molecule has 4 rings (SSSR count). The lowest BCUT2D eigenvalue weighted by Crippen LogP contribution is -1.89. The predicted octanol–water partition coefficient (Wildman–Crippen LogP) is 3.58. The first-order chi connectivity index (χ1) is 11.2. The zero-order chi connectivity index (χ0) is 15.8. The van der Waals surface area contributed by atoms with Crippen molar-refractivity contribution in [1.29, 1.82) is 0 Å². The van der Waals surface area contributed by atoms with Crippen LogP contribution < -0.4 is 5.73 Å². The van der Waals surface area contributed by atoms with Crippen LogP contribution in [0.5, 0.6) is 0 Å². The zero-order valence-electron chi connectivity index (χ0n) is 11.8. The van der Waals surface area contributed by atoms with Gasteiger partial charge in [-0.3, -0.25) is 4.98 Å². The molecule has 0 spiro atoms. The quantitative estimate of drug-likeness (QED) is 0.448. The minimum Gasteiger partial charge on any atom is -0.436 e. The van der Waals surface area contributed by atoms with Gasteiger partial charge in [0.2, 0.25) is 5.89 Å². The highest BCUT2D eigenvalue weighted by atomic mass is 35.5. The molecular formula is C16H10ClN5O. The van der Waals surface area contributed by atoms with E-state index < -0.39 is 0 Å². The number of anilines is 1. The van der Waals surface area contributed by atoms with Crippen molar-refractivity contribution < 1.29 is 4.42 Å². The summed E-state index contributed by atoms with van der Waals surface area (Å²) in [7, 11) is 0. The van der Waals surface area contributed by atoms with Crippen LogP contribution in [-0.4, -0.2) is 19.9 Å². The molecule has 0 saturated carbocycles. The molecule has 0 radical (unpaired) electrons. The summed E-state index contributed by atoms with van der Waals surface area (Å²) >= 11 is 6.05. The van der Waals surface area contributed by atoms with Gasteiger partial charge in [0.05, 0.1) is 16.8 Å². The van der Waals surface area contributed by atoms with Crippen molar-refractivity contribution in [3.8, 4) is 22.7 Å². The van der Waals surface area contributed by atoms with Crippen LogP contribution >= 0.6 is 11.6 Å². The summed E-state index contributed by atoms with van der Waals surface area (Å²) in [5, 5.41) is 0.359. The van der Waals surface area contributed by atoms with E-state index in [1.165, 1.54) is 6.33 Å². The maximum atomic E-state index is 6.05. The highest BCUT2D eigenvalue weighted by Gasteiger charge is 2.11. The summed E-state index contributed by atoms with van der Waals surface area (Å²) in [5.41, 5.74) is 9.90. The van der Waals surface area contributed by atoms with Crippen LogP contribution in [0.25, 0.3) is 33.8 Å². The molecular weight excluding hydrogens is 314 g/mol. The highest BCUT2D eigenvalue weighted by Crippen LogP contribution is 2.28. The minimum atomic E-state index is 0.359. The molecule has 0 aliphatic rings. The van der Waals surface area contributed by atoms with Crippen molar-refractivity contribution in [2.75, 3.05) is 5.73 Å². The standard InChI is InChI=1S/C16H10ClN5O/c17-15-11(7-19-8-21-15)12-3-1-9(6-20-12)16-22-13-5-10(18)2-4-14(13)23-16/h1-8H,18H2. The molecule has 0 aliphatic carbocycles. The second-order valence-corrected chi connectivity index (χ2v) is 5.26. The first-order valence-corrected chi connectivity index (χ1v) is 7.17. The Bertz CT molecular complexity index is 997.